The van der Waals surface area contributed by atoms with Crippen molar-refractivity contribution >= 4 is 58.3 Å². The lowest BCUT2D eigenvalue weighted by atomic mass is 10.1. The van der Waals surface area contributed by atoms with E-state index >= 15 is 0 Å². The van der Waals surface area contributed by atoms with E-state index in [1.807, 2.05) is 4.90 Å². The molecule has 2 saturated heterocycles. The largest absolute Gasteiger partial charge is 0.337 e. The summed E-state index contributed by atoms with van der Waals surface area (Å²) in [4.78, 5) is 33.2. The lowest BCUT2D eigenvalue weighted by Gasteiger charge is -2.36. The smallest absolute Gasteiger partial charge is 0.278 e. The van der Waals surface area contributed by atoms with Gasteiger partial charge >= 0.3 is 6.03 Å². The minimum absolute atomic E-state index is 0.0827. The number of rotatable bonds is 3. The summed E-state index contributed by atoms with van der Waals surface area (Å²) < 4.78 is 12.5. The van der Waals surface area contributed by atoms with Crippen molar-refractivity contribution in [2.75, 3.05) is 25.0 Å². The third-order valence-corrected chi connectivity index (χ3v) is 5.14. The molecule has 0 aromatic heterocycles. The summed E-state index contributed by atoms with van der Waals surface area (Å²) in [7, 11) is 1.30. The van der Waals surface area contributed by atoms with Crippen molar-refractivity contribution in [2.45, 2.75) is 29.2 Å². The Labute approximate surface area is 171 Å². The topological polar surface area (TPSA) is 56.2 Å². The number of likely N-dealkylation sites (N-methyl/N-ethyl adjacent to an activating group) is 1. The third kappa shape index (κ3) is 4.06. The van der Waals surface area contributed by atoms with Crippen LogP contribution in [0.1, 0.15) is 19.3 Å². The van der Waals surface area contributed by atoms with E-state index in [4.69, 9.17) is 34.8 Å². The molecule has 6 nitrogen and oxygen atoms in total. The van der Waals surface area contributed by atoms with Crippen LogP contribution in [0, 0.1) is 5.82 Å². The van der Waals surface area contributed by atoms with Crippen molar-refractivity contribution in [1.82, 2.24) is 9.80 Å². The van der Waals surface area contributed by atoms with Crippen molar-refractivity contribution in [3.63, 3.8) is 0 Å². The highest BCUT2D eigenvalue weighted by atomic mass is 35.6. The van der Waals surface area contributed by atoms with Gasteiger partial charge in [0, 0.05) is 20.1 Å². The molecule has 10 heteroatoms. The molecule has 0 aliphatic carbocycles. The highest BCUT2D eigenvalue weighted by molar-refractivity contribution is 6.68. The Morgan fingerprint density at radius 3 is 2.33 bits per heavy atom. The van der Waals surface area contributed by atoms with Gasteiger partial charge in [0.15, 0.2) is 6.17 Å². The fourth-order valence-corrected chi connectivity index (χ4v) is 3.74. The Morgan fingerprint density at radius 1 is 1.11 bits per heavy atom. The predicted molar refractivity (Wildman–Crippen MR) is 104 cm³/mol. The lowest BCUT2D eigenvalue weighted by molar-refractivity contribution is -0.119. The van der Waals surface area contributed by atoms with Gasteiger partial charge in [-0.05, 0) is 25.0 Å². The van der Waals surface area contributed by atoms with E-state index in [1.54, 1.807) is 6.07 Å². The van der Waals surface area contributed by atoms with Gasteiger partial charge in [0.1, 0.15) is 5.82 Å². The summed E-state index contributed by atoms with van der Waals surface area (Å²) in [5, 5.41) is 0. The number of amides is 3. The van der Waals surface area contributed by atoms with Gasteiger partial charge in [0.2, 0.25) is 9.63 Å². The summed E-state index contributed by atoms with van der Waals surface area (Å²) >= 11 is 18.4. The second kappa shape index (κ2) is 7.91. The van der Waals surface area contributed by atoms with Crippen LogP contribution in [0.3, 0.4) is 0 Å². The normalized spacial score (nSPS) is 22.0. The first-order chi connectivity index (χ1) is 12.7. The number of halogens is 4. The van der Waals surface area contributed by atoms with Crippen LogP contribution in [-0.4, -0.2) is 57.7 Å². The summed E-state index contributed by atoms with van der Waals surface area (Å²) in [6.07, 6.45) is 1.90. The molecule has 3 rings (SSSR count). The van der Waals surface area contributed by atoms with Gasteiger partial charge in [0.25, 0.3) is 5.91 Å². The van der Waals surface area contributed by atoms with Gasteiger partial charge in [-0.3, -0.25) is 14.6 Å². The molecular formula is C17H18Cl3FN4O2. The molecular weight excluding hydrogens is 418 g/mol. The number of likely N-dealkylation sites (tertiary alicyclic amines) is 1. The van der Waals surface area contributed by atoms with Crippen LogP contribution in [0.4, 0.5) is 14.9 Å². The summed E-state index contributed by atoms with van der Waals surface area (Å²) in [5.74, 6) is -1.61. The van der Waals surface area contributed by atoms with Gasteiger partial charge in [-0.25, -0.2) is 19.1 Å². The molecule has 2 fully saturated rings. The molecule has 0 radical (unpaired) electrons. The maximum absolute atomic E-state index is 14.3. The highest BCUT2D eigenvalue weighted by Gasteiger charge is 2.45. The zero-order valence-electron chi connectivity index (χ0n) is 14.5. The molecule has 1 aromatic rings. The first kappa shape index (κ1) is 20.3. The van der Waals surface area contributed by atoms with Gasteiger partial charge < -0.3 is 0 Å². The Balaban J connectivity index is 2.07. The molecule has 0 spiro atoms. The van der Waals surface area contributed by atoms with Crippen molar-refractivity contribution in [3.05, 3.63) is 30.1 Å². The number of hydrogen-bond donors (Lipinski definition) is 0. The molecule has 2 heterocycles. The number of imide groups is 1. The van der Waals surface area contributed by atoms with E-state index in [-0.39, 0.29) is 11.5 Å². The van der Waals surface area contributed by atoms with E-state index < -0.39 is 27.7 Å². The second-order valence-corrected chi connectivity index (χ2v) is 8.77. The van der Waals surface area contributed by atoms with Crippen LogP contribution in [0.2, 0.25) is 0 Å². The molecule has 2 aliphatic heterocycles. The number of para-hydroxylation sites is 1. The van der Waals surface area contributed by atoms with Crippen molar-refractivity contribution in [2.24, 2.45) is 4.99 Å². The molecule has 146 valence electrons. The Hall–Kier alpha value is -1.41. The number of benzene rings is 1. The van der Waals surface area contributed by atoms with Crippen LogP contribution in [0.25, 0.3) is 0 Å². The lowest BCUT2D eigenvalue weighted by Crippen LogP contribution is -2.47. The number of aliphatic imine (C=N–C) groups is 1. The molecule has 1 atom stereocenters. The summed E-state index contributed by atoms with van der Waals surface area (Å²) in [5.41, 5.74) is -0.0827. The molecule has 0 N–H and O–H groups in total. The Morgan fingerprint density at radius 2 is 1.74 bits per heavy atom. The van der Waals surface area contributed by atoms with Gasteiger partial charge in [0.05, 0.1) is 5.69 Å². The molecule has 2 aliphatic rings. The van der Waals surface area contributed by atoms with E-state index in [1.165, 1.54) is 25.2 Å². The fraction of sp³-hybridized carbons (Fsp3) is 0.471. The second-order valence-electron chi connectivity index (χ2n) is 6.40. The fourth-order valence-electron chi connectivity index (χ4n) is 3.18. The number of carbonyl (C=O) groups excluding carboxylic acids is 2. The van der Waals surface area contributed by atoms with E-state index in [2.05, 4.69) is 4.99 Å². The molecule has 0 saturated carbocycles. The Kier molecular flexibility index (Phi) is 5.96. The Bertz CT molecular complexity index is 778. The minimum atomic E-state index is -1.82. The average molecular weight is 436 g/mol. The van der Waals surface area contributed by atoms with Crippen LogP contribution in [-0.2, 0) is 4.79 Å². The molecule has 3 amide bonds. The molecule has 1 aromatic carbocycles. The SMILES string of the molecule is CN1C(=O)C(=NC(N2CCCCC2)C(Cl)(Cl)Cl)N(c2ccccc2F)C1=O. The number of alkyl halides is 3. The highest BCUT2D eigenvalue weighted by Crippen LogP contribution is 2.36. The maximum atomic E-state index is 14.3. The standard InChI is InChI=1S/C17H18Cl3FN4O2/c1-23-14(26)13(25(16(23)27)12-8-4-3-7-11(12)21)22-15(17(18,19)20)24-9-5-2-6-10-24/h3-4,7-8,15H,2,5-6,9-10H2,1H3. The zero-order valence-corrected chi connectivity index (χ0v) is 16.8. The number of nitrogens with zero attached hydrogens (tertiary/aromatic N) is 4. The molecule has 0 bridgehead atoms. The minimum Gasteiger partial charge on any atom is -0.278 e. The van der Waals surface area contributed by atoms with Crippen LogP contribution in [0.15, 0.2) is 29.3 Å². The zero-order chi connectivity index (χ0) is 19.8. The van der Waals surface area contributed by atoms with E-state index in [9.17, 15) is 14.0 Å². The van der Waals surface area contributed by atoms with Gasteiger partial charge in [-0.2, -0.15) is 0 Å². The van der Waals surface area contributed by atoms with Crippen molar-refractivity contribution < 1.29 is 14.0 Å². The first-order valence-corrected chi connectivity index (χ1v) is 9.60. The van der Waals surface area contributed by atoms with Crippen molar-refractivity contribution in [1.29, 1.82) is 0 Å². The van der Waals surface area contributed by atoms with E-state index in [0.29, 0.717) is 13.1 Å². The van der Waals surface area contributed by atoms with Crippen LogP contribution in [0.5, 0.6) is 0 Å². The molecule has 1 unspecified atom stereocenters. The number of hydrogen-bond acceptors (Lipinski definition) is 4. The average Bonchev–Trinajstić information content (AvgIpc) is 2.84. The number of piperidine rings is 1. The van der Waals surface area contributed by atoms with Crippen LogP contribution >= 0.6 is 34.8 Å². The number of anilines is 1. The van der Waals surface area contributed by atoms with Crippen LogP contribution < -0.4 is 4.90 Å². The number of carbonyl (C=O) groups is 2. The first-order valence-electron chi connectivity index (χ1n) is 8.47. The van der Waals surface area contributed by atoms with Crippen molar-refractivity contribution in [3.8, 4) is 0 Å². The number of amidine groups is 1. The molecule has 27 heavy (non-hydrogen) atoms. The summed E-state index contributed by atoms with van der Waals surface area (Å²) in [6.45, 7) is 1.29. The monoisotopic (exact) mass is 434 g/mol. The van der Waals surface area contributed by atoms with E-state index in [0.717, 1.165) is 29.1 Å². The van der Waals surface area contributed by atoms with Gasteiger partial charge in [-0.15, -0.1) is 0 Å². The quantitative estimate of drug-likeness (QED) is 0.536. The predicted octanol–water partition coefficient (Wildman–Crippen LogP) is 3.80. The number of urea groups is 1. The van der Waals surface area contributed by atoms with Gasteiger partial charge in [-0.1, -0.05) is 53.4 Å². The summed E-state index contributed by atoms with van der Waals surface area (Å²) in [6, 6.07) is 4.91. The third-order valence-electron chi connectivity index (χ3n) is 4.55. The maximum Gasteiger partial charge on any atom is 0.337 e.